The lowest BCUT2D eigenvalue weighted by Crippen LogP contribution is -2.30. The lowest BCUT2D eigenvalue weighted by Gasteiger charge is -2.09. The Labute approximate surface area is 117 Å². The SMILES string of the molecule is CC(C)c1cccc(OCc2occc2C(=O)NN)c1. The molecule has 0 aliphatic rings. The summed E-state index contributed by atoms with van der Waals surface area (Å²) in [6.07, 6.45) is 1.44. The van der Waals surface area contributed by atoms with Crippen molar-refractivity contribution in [2.45, 2.75) is 26.4 Å². The van der Waals surface area contributed by atoms with Crippen molar-refractivity contribution in [2.24, 2.45) is 5.84 Å². The van der Waals surface area contributed by atoms with Crippen LogP contribution in [0.25, 0.3) is 0 Å². The van der Waals surface area contributed by atoms with Gasteiger partial charge in [0.25, 0.3) is 5.91 Å². The van der Waals surface area contributed by atoms with Crippen LogP contribution in [0.3, 0.4) is 0 Å². The van der Waals surface area contributed by atoms with Crippen molar-refractivity contribution >= 4 is 5.91 Å². The van der Waals surface area contributed by atoms with Crippen molar-refractivity contribution in [3.8, 4) is 5.75 Å². The second kappa shape index (κ2) is 6.25. The van der Waals surface area contributed by atoms with E-state index in [4.69, 9.17) is 15.0 Å². The normalized spacial score (nSPS) is 10.6. The molecule has 5 nitrogen and oxygen atoms in total. The van der Waals surface area contributed by atoms with E-state index in [0.29, 0.717) is 17.2 Å². The lowest BCUT2D eigenvalue weighted by molar-refractivity contribution is 0.0949. The van der Waals surface area contributed by atoms with E-state index in [-0.39, 0.29) is 6.61 Å². The molecule has 5 heteroatoms. The zero-order valence-electron chi connectivity index (χ0n) is 11.6. The highest BCUT2D eigenvalue weighted by molar-refractivity contribution is 5.94. The fraction of sp³-hybridized carbons (Fsp3) is 0.267. The molecule has 0 fully saturated rings. The van der Waals surface area contributed by atoms with Gasteiger partial charge in [0.15, 0.2) is 5.76 Å². The quantitative estimate of drug-likeness (QED) is 0.499. The van der Waals surface area contributed by atoms with Crippen molar-refractivity contribution in [1.82, 2.24) is 5.43 Å². The molecular formula is C15H18N2O3. The summed E-state index contributed by atoms with van der Waals surface area (Å²) in [6, 6.07) is 9.41. The van der Waals surface area contributed by atoms with E-state index in [9.17, 15) is 4.79 Å². The highest BCUT2D eigenvalue weighted by atomic mass is 16.5. The second-order valence-electron chi connectivity index (χ2n) is 4.75. The number of ether oxygens (including phenoxy) is 1. The average Bonchev–Trinajstić information content (AvgIpc) is 2.93. The van der Waals surface area contributed by atoms with Gasteiger partial charge in [-0.05, 0) is 29.7 Å². The minimum absolute atomic E-state index is 0.178. The maximum absolute atomic E-state index is 11.5. The zero-order valence-corrected chi connectivity index (χ0v) is 11.6. The van der Waals surface area contributed by atoms with Crippen LogP contribution in [0.4, 0.5) is 0 Å². The molecule has 0 radical (unpaired) electrons. The number of furan rings is 1. The molecule has 0 saturated heterocycles. The van der Waals surface area contributed by atoms with E-state index in [2.05, 4.69) is 25.3 Å². The fourth-order valence-electron chi connectivity index (χ4n) is 1.84. The fourth-order valence-corrected chi connectivity index (χ4v) is 1.84. The van der Waals surface area contributed by atoms with Crippen molar-refractivity contribution in [2.75, 3.05) is 0 Å². The number of carbonyl (C=O) groups is 1. The molecule has 1 amide bonds. The molecule has 2 rings (SSSR count). The Kier molecular flexibility index (Phi) is 4.42. The predicted octanol–water partition coefficient (Wildman–Crippen LogP) is 2.59. The molecule has 0 aliphatic heterocycles. The molecule has 0 bridgehead atoms. The van der Waals surface area contributed by atoms with Gasteiger partial charge >= 0.3 is 0 Å². The van der Waals surface area contributed by atoms with Gasteiger partial charge in [0.05, 0.1) is 11.8 Å². The summed E-state index contributed by atoms with van der Waals surface area (Å²) in [5.74, 6) is 6.34. The van der Waals surface area contributed by atoms with Crippen molar-refractivity contribution in [3.05, 3.63) is 53.5 Å². The topological polar surface area (TPSA) is 77.5 Å². The molecule has 0 spiro atoms. The van der Waals surface area contributed by atoms with Gasteiger partial charge < -0.3 is 9.15 Å². The smallest absolute Gasteiger partial charge is 0.268 e. The Bertz CT molecular complexity index is 590. The first-order chi connectivity index (χ1) is 9.61. The van der Waals surface area contributed by atoms with Crippen molar-refractivity contribution in [1.29, 1.82) is 0 Å². The summed E-state index contributed by atoms with van der Waals surface area (Å²) in [6.45, 7) is 4.42. The Hall–Kier alpha value is -2.27. The van der Waals surface area contributed by atoms with Crippen LogP contribution in [0.5, 0.6) is 5.75 Å². The van der Waals surface area contributed by atoms with Gasteiger partial charge in [0, 0.05) is 0 Å². The van der Waals surface area contributed by atoms with Gasteiger partial charge in [0.1, 0.15) is 12.4 Å². The van der Waals surface area contributed by atoms with Gasteiger partial charge in [-0.25, -0.2) is 5.84 Å². The monoisotopic (exact) mass is 274 g/mol. The predicted molar refractivity (Wildman–Crippen MR) is 75.2 cm³/mol. The number of nitrogens with one attached hydrogen (secondary N) is 1. The Morgan fingerprint density at radius 2 is 2.20 bits per heavy atom. The third kappa shape index (κ3) is 3.19. The minimum atomic E-state index is -0.395. The molecule has 0 aliphatic carbocycles. The number of hydrazine groups is 1. The molecule has 1 aromatic carbocycles. The molecule has 3 N–H and O–H groups in total. The first-order valence-electron chi connectivity index (χ1n) is 6.42. The largest absolute Gasteiger partial charge is 0.486 e. The van der Waals surface area contributed by atoms with Crippen molar-refractivity contribution in [3.63, 3.8) is 0 Å². The van der Waals surface area contributed by atoms with Crippen molar-refractivity contribution < 1.29 is 13.9 Å². The molecule has 0 saturated carbocycles. The summed E-state index contributed by atoms with van der Waals surface area (Å²) in [5.41, 5.74) is 3.65. The van der Waals surface area contributed by atoms with Gasteiger partial charge in [-0.1, -0.05) is 26.0 Å². The van der Waals surface area contributed by atoms with Crippen LogP contribution < -0.4 is 16.0 Å². The maximum Gasteiger partial charge on any atom is 0.268 e. The summed E-state index contributed by atoms with van der Waals surface area (Å²) in [4.78, 5) is 11.5. The lowest BCUT2D eigenvalue weighted by atomic mass is 10.0. The Morgan fingerprint density at radius 1 is 1.40 bits per heavy atom. The number of benzene rings is 1. The van der Waals surface area contributed by atoms with Crippen LogP contribution in [-0.2, 0) is 6.61 Å². The van der Waals surface area contributed by atoms with Crippen LogP contribution in [0.2, 0.25) is 0 Å². The van der Waals surface area contributed by atoms with E-state index in [1.54, 1.807) is 6.07 Å². The molecule has 20 heavy (non-hydrogen) atoms. The van der Waals surface area contributed by atoms with Crippen LogP contribution in [0.1, 0.15) is 41.4 Å². The van der Waals surface area contributed by atoms with Crippen LogP contribution in [0.15, 0.2) is 41.0 Å². The molecule has 2 aromatic rings. The van der Waals surface area contributed by atoms with Gasteiger partial charge in [0.2, 0.25) is 0 Å². The number of amides is 1. The number of hydrogen-bond acceptors (Lipinski definition) is 4. The van der Waals surface area contributed by atoms with E-state index in [1.807, 2.05) is 18.2 Å². The molecule has 0 unspecified atom stereocenters. The van der Waals surface area contributed by atoms with Crippen LogP contribution in [0, 0.1) is 0 Å². The van der Waals surface area contributed by atoms with E-state index >= 15 is 0 Å². The zero-order chi connectivity index (χ0) is 14.5. The van der Waals surface area contributed by atoms with Gasteiger partial charge in [-0.2, -0.15) is 0 Å². The average molecular weight is 274 g/mol. The van der Waals surface area contributed by atoms with Gasteiger partial charge in [-0.15, -0.1) is 0 Å². The first kappa shape index (κ1) is 14.1. The summed E-state index contributed by atoms with van der Waals surface area (Å²) < 4.78 is 10.9. The molecule has 1 heterocycles. The van der Waals surface area contributed by atoms with E-state index in [1.165, 1.54) is 11.8 Å². The third-order valence-electron chi connectivity index (χ3n) is 3.02. The van der Waals surface area contributed by atoms with Gasteiger partial charge in [-0.3, -0.25) is 10.2 Å². The maximum atomic E-state index is 11.5. The number of nitrogen functional groups attached to an aromatic ring is 1. The molecule has 1 aromatic heterocycles. The number of hydrogen-bond donors (Lipinski definition) is 2. The highest BCUT2D eigenvalue weighted by Crippen LogP contribution is 2.21. The summed E-state index contributed by atoms with van der Waals surface area (Å²) in [7, 11) is 0. The molecule has 106 valence electrons. The summed E-state index contributed by atoms with van der Waals surface area (Å²) in [5, 5.41) is 0. The van der Waals surface area contributed by atoms with Crippen LogP contribution >= 0.6 is 0 Å². The molecular weight excluding hydrogens is 256 g/mol. The number of nitrogens with two attached hydrogens (primary N) is 1. The minimum Gasteiger partial charge on any atom is -0.486 e. The Morgan fingerprint density at radius 3 is 2.90 bits per heavy atom. The Balaban J connectivity index is 2.07. The second-order valence-corrected chi connectivity index (χ2v) is 4.75. The summed E-state index contributed by atoms with van der Waals surface area (Å²) >= 11 is 0. The third-order valence-corrected chi connectivity index (χ3v) is 3.02. The first-order valence-corrected chi connectivity index (χ1v) is 6.42. The number of rotatable bonds is 5. The molecule has 0 atom stereocenters. The highest BCUT2D eigenvalue weighted by Gasteiger charge is 2.14. The number of carbonyl (C=O) groups excluding carboxylic acids is 1. The van der Waals surface area contributed by atoms with Crippen LogP contribution in [-0.4, -0.2) is 5.91 Å². The standard InChI is InChI=1S/C15H18N2O3/c1-10(2)11-4-3-5-12(8-11)20-9-14-13(6-7-19-14)15(18)17-16/h3-8,10H,9,16H2,1-2H3,(H,17,18). The van der Waals surface area contributed by atoms with E-state index < -0.39 is 5.91 Å². The van der Waals surface area contributed by atoms with E-state index in [0.717, 1.165) is 5.75 Å².